The molecule has 1 aliphatic rings. The van der Waals surface area contributed by atoms with Gasteiger partial charge in [0.1, 0.15) is 0 Å². The monoisotopic (exact) mass is 298 g/mol. The largest absolute Gasteiger partial charge is 0.478 e. The van der Waals surface area contributed by atoms with Gasteiger partial charge in [-0.2, -0.15) is 0 Å². The van der Waals surface area contributed by atoms with Crippen LogP contribution < -0.4 is 15.4 Å². The van der Waals surface area contributed by atoms with E-state index in [1.54, 1.807) is 0 Å². The molecule has 6 heteroatoms. The summed E-state index contributed by atoms with van der Waals surface area (Å²) in [6.07, 6.45) is 2.25. The molecule has 1 fully saturated rings. The number of halogens is 2. The van der Waals surface area contributed by atoms with Crippen LogP contribution in [0.2, 0.25) is 0 Å². The SMILES string of the molecule is CCNCc1cc(F)c(OCC(=O)NCC2CC2)c(F)c1. The van der Waals surface area contributed by atoms with Crippen LogP contribution in [0.15, 0.2) is 12.1 Å². The predicted octanol–water partition coefficient (Wildman–Crippen LogP) is 1.98. The highest BCUT2D eigenvalue weighted by atomic mass is 19.1. The maximum Gasteiger partial charge on any atom is 0.257 e. The Morgan fingerprint density at radius 2 is 2.00 bits per heavy atom. The van der Waals surface area contributed by atoms with Crippen LogP contribution in [0.3, 0.4) is 0 Å². The highest BCUT2D eigenvalue weighted by molar-refractivity contribution is 5.77. The Hall–Kier alpha value is -1.69. The number of hydrogen-bond donors (Lipinski definition) is 2. The highest BCUT2D eigenvalue weighted by Gasteiger charge is 2.22. The van der Waals surface area contributed by atoms with Crippen LogP contribution in [0.1, 0.15) is 25.3 Å². The van der Waals surface area contributed by atoms with E-state index in [4.69, 9.17) is 4.74 Å². The summed E-state index contributed by atoms with van der Waals surface area (Å²) in [5.41, 5.74) is 0.498. The van der Waals surface area contributed by atoms with Crippen LogP contribution in [-0.2, 0) is 11.3 Å². The molecule has 0 aliphatic heterocycles. The van der Waals surface area contributed by atoms with Gasteiger partial charge in [0.15, 0.2) is 24.0 Å². The topological polar surface area (TPSA) is 50.4 Å². The molecule has 0 spiro atoms. The molecule has 0 unspecified atom stereocenters. The molecule has 0 atom stereocenters. The first-order chi connectivity index (χ1) is 10.1. The lowest BCUT2D eigenvalue weighted by atomic mass is 10.2. The average Bonchev–Trinajstić information content (AvgIpc) is 3.26. The molecule has 0 heterocycles. The molecule has 1 saturated carbocycles. The van der Waals surface area contributed by atoms with Crippen molar-refractivity contribution in [1.29, 1.82) is 0 Å². The fourth-order valence-corrected chi connectivity index (χ4v) is 1.89. The number of amides is 1. The summed E-state index contributed by atoms with van der Waals surface area (Å²) in [6.45, 7) is 3.22. The predicted molar refractivity (Wildman–Crippen MR) is 75.0 cm³/mol. The molecule has 0 radical (unpaired) electrons. The summed E-state index contributed by atoms with van der Waals surface area (Å²) < 4.78 is 32.5. The highest BCUT2D eigenvalue weighted by Crippen LogP contribution is 2.27. The Bertz CT molecular complexity index is 481. The third-order valence-electron chi connectivity index (χ3n) is 3.27. The Balaban J connectivity index is 1.87. The van der Waals surface area contributed by atoms with Gasteiger partial charge < -0.3 is 15.4 Å². The van der Waals surface area contributed by atoms with Gasteiger partial charge in [0.05, 0.1) is 0 Å². The zero-order chi connectivity index (χ0) is 15.2. The van der Waals surface area contributed by atoms with Crippen molar-refractivity contribution in [3.63, 3.8) is 0 Å². The van der Waals surface area contributed by atoms with Crippen LogP contribution in [-0.4, -0.2) is 25.6 Å². The number of hydrogen-bond acceptors (Lipinski definition) is 3. The first-order valence-corrected chi connectivity index (χ1v) is 7.18. The lowest BCUT2D eigenvalue weighted by molar-refractivity contribution is -0.123. The average molecular weight is 298 g/mol. The van der Waals surface area contributed by atoms with Gasteiger partial charge in [-0.3, -0.25) is 4.79 Å². The molecule has 21 heavy (non-hydrogen) atoms. The molecule has 116 valence electrons. The molecule has 4 nitrogen and oxygen atoms in total. The molecule has 0 aromatic heterocycles. The fraction of sp³-hybridized carbons (Fsp3) is 0.533. The summed E-state index contributed by atoms with van der Waals surface area (Å²) in [6, 6.07) is 2.42. The Kier molecular flexibility index (Phi) is 5.50. The van der Waals surface area contributed by atoms with Crippen molar-refractivity contribution in [2.75, 3.05) is 19.7 Å². The number of rotatable bonds is 8. The summed E-state index contributed by atoms with van der Waals surface area (Å²) in [5, 5.41) is 5.66. The third kappa shape index (κ3) is 4.97. The van der Waals surface area contributed by atoms with Crippen LogP contribution in [0, 0.1) is 17.6 Å². The molecular formula is C15H20F2N2O2. The van der Waals surface area contributed by atoms with Crippen molar-refractivity contribution in [2.24, 2.45) is 5.92 Å². The van der Waals surface area contributed by atoms with E-state index in [1.807, 2.05) is 6.92 Å². The van der Waals surface area contributed by atoms with Crippen molar-refractivity contribution in [3.8, 4) is 5.75 Å². The van der Waals surface area contributed by atoms with Crippen LogP contribution in [0.5, 0.6) is 5.75 Å². The molecule has 1 aromatic rings. The van der Waals surface area contributed by atoms with E-state index < -0.39 is 17.4 Å². The lowest BCUT2D eigenvalue weighted by Gasteiger charge is -2.10. The van der Waals surface area contributed by atoms with Gasteiger partial charge in [-0.1, -0.05) is 6.92 Å². The van der Waals surface area contributed by atoms with Gasteiger partial charge in [-0.25, -0.2) is 8.78 Å². The molecule has 2 rings (SSSR count). The van der Waals surface area contributed by atoms with Crippen molar-refractivity contribution in [3.05, 3.63) is 29.3 Å². The van der Waals surface area contributed by atoms with Crippen LogP contribution >= 0.6 is 0 Å². The minimum absolute atomic E-state index is 0.363. The second-order valence-electron chi connectivity index (χ2n) is 5.21. The van der Waals surface area contributed by atoms with E-state index in [2.05, 4.69) is 10.6 Å². The minimum atomic E-state index is -0.794. The van der Waals surface area contributed by atoms with E-state index >= 15 is 0 Å². The number of carbonyl (C=O) groups is 1. The maximum atomic E-state index is 13.8. The van der Waals surface area contributed by atoms with Gasteiger partial charge in [0.2, 0.25) is 0 Å². The zero-order valence-electron chi connectivity index (χ0n) is 12.0. The minimum Gasteiger partial charge on any atom is -0.478 e. The first-order valence-electron chi connectivity index (χ1n) is 7.18. The number of carbonyl (C=O) groups excluding carboxylic acids is 1. The van der Waals surface area contributed by atoms with Gasteiger partial charge >= 0.3 is 0 Å². The first kappa shape index (κ1) is 15.7. The normalized spacial score (nSPS) is 14.0. The van der Waals surface area contributed by atoms with Crippen molar-refractivity contribution < 1.29 is 18.3 Å². The van der Waals surface area contributed by atoms with Crippen molar-refractivity contribution >= 4 is 5.91 Å². The molecule has 0 bridgehead atoms. The van der Waals surface area contributed by atoms with Crippen molar-refractivity contribution in [2.45, 2.75) is 26.3 Å². The van der Waals surface area contributed by atoms with Crippen molar-refractivity contribution in [1.82, 2.24) is 10.6 Å². The summed E-state index contributed by atoms with van der Waals surface area (Å²) in [4.78, 5) is 11.5. The zero-order valence-corrected chi connectivity index (χ0v) is 12.0. The quantitative estimate of drug-likeness (QED) is 0.771. The number of nitrogens with one attached hydrogen (secondary N) is 2. The Morgan fingerprint density at radius 1 is 1.33 bits per heavy atom. The molecule has 0 saturated heterocycles. The molecule has 1 amide bonds. The standard InChI is InChI=1S/C15H20F2N2O2/c1-2-18-7-11-5-12(16)15(13(17)6-11)21-9-14(20)19-8-10-3-4-10/h5-6,10,18H,2-4,7-9H2,1H3,(H,19,20). The summed E-state index contributed by atoms with van der Waals surface area (Å²) in [5.74, 6) is -1.90. The van der Waals surface area contributed by atoms with Gasteiger partial charge in [0, 0.05) is 13.1 Å². The molecule has 1 aliphatic carbocycles. The van der Waals surface area contributed by atoms with Gasteiger partial charge in [-0.05, 0) is 43.0 Å². The molecule has 1 aromatic carbocycles. The Labute approximate surface area is 122 Å². The summed E-state index contributed by atoms with van der Waals surface area (Å²) in [7, 11) is 0. The smallest absolute Gasteiger partial charge is 0.257 e. The Morgan fingerprint density at radius 3 is 2.57 bits per heavy atom. The van der Waals surface area contributed by atoms with E-state index in [0.717, 1.165) is 12.8 Å². The molecule has 2 N–H and O–H groups in total. The van der Waals surface area contributed by atoms with E-state index in [-0.39, 0.29) is 12.5 Å². The van der Waals surface area contributed by atoms with Crippen LogP contribution in [0.4, 0.5) is 8.78 Å². The van der Waals surface area contributed by atoms with Gasteiger partial charge in [-0.15, -0.1) is 0 Å². The maximum absolute atomic E-state index is 13.8. The lowest BCUT2D eigenvalue weighted by Crippen LogP contribution is -2.30. The second kappa shape index (κ2) is 7.36. The third-order valence-corrected chi connectivity index (χ3v) is 3.27. The fourth-order valence-electron chi connectivity index (χ4n) is 1.89. The van der Waals surface area contributed by atoms with E-state index in [9.17, 15) is 13.6 Å². The van der Waals surface area contributed by atoms with E-state index in [0.29, 0.717) is 31.1 Å². The van der Waals surface area contributed by atoms with Gasteiger partial charge in [0.25, 0.3) is 5.91 Å². The second-order valence-corrected chi connectivity index (χ2v) is 5.21. The molecular weight excluding hydrogens is 278 g/mol. The number of ether oxygens (including phenoxy) is 1. The van der Waals surface area contributed by atoms with Crippen LogP contribution in [0.25, 0.3) is 0 Å². The summed E-state index contributed by atoms with van der Waals surface area (Å²) >= 11 is 0. The van der Waals surface area contributed by atoms with E-state index in [1.165, 1.54) is 12.1 Å². The number of benzene rings is 1.